The number of hydrogen-bond donors (Lipinski definition) is 0. The van der Waals surface area contributed by atoms with Gasteiger partial charge in [-0.2, -0.15) is 0 Å². The maximum atomic E-state index is 6.78. The van der Waals surface area contributed by atoms with Crippen LogP contribution in [0.3, 0.4) is 0 Å². The molecule has 6 nitrogen and oxygen atoms in total. The molecule has 9 heteroatoms. The van der Waals surface area contributed by atoms with E-state index in [0.29, 0.717) is 0 Å². The summed E-state index contributed by atoms with van der Waals surface area (Å²) in [4.78, 5) is 0. The molecular weight excluding hydrogens is 1500 g/mol. The van der Waals surface area contributed by atoms with Crippen LogP contribution in [0.4, 0.5) is 0 Å². The van der Waals surface area contributed by atoms with Gasteiger partial charge in [-0.15, -0.1) is 0 Å². The summed E-state index contributed by atoms with van der Waals surface area (Å²) >= 11 is 0. The van der Waals surface area contributed by atoms with Crippen LogP contribution in [0, 0.1) is 41.5 Å². The van der Waals surface area contributed by atoms with E-state index >= 15 is 0 Å². The van der Waals surface area contributed by atoms with Crippen molar-refractivity contribution in [1.82, 2.24) is 0 Å². The Morgan fingerprint density at radius 1 is 0.138 bits per heavy atom. The van der Waals surface area contributed by atoms with Gasteiger partial charge < -0.3 is 28.4 Å². The van der Waals surface area contributed by atoms with Gasteiger partial charge in [0.2, 0.25) is 0 Å². The van der Waals surface area contributed by atoms with E-state index in [1.54, 1.807) is 0 Å². The van der Waals surface area contributed by atoms with Gasteiger partial charge in [-0.3, -0.25) is 0 Å². The van der Waals surface area contributed by atoms with Gasteiger partial charge >= 0.3 is 0 Å². The Balaban J connectivity index is 0.000000110. The second-order valence-electron chi connectivity index (χ2n) is 33.1. The fraction of sp³-hybridized carbons (Fsp3) is 0.0526. The van der Waals surface area contributed by atoms with Crippen molar-refractivity contribution < 1.29 is 28.4 Å². The van der Waals surface area contributed by atoms with Gasteiger partial charge in [-0.1, -0.05) is 309 Å². The number of fused-ring (bicyclic) bond motifs is 12. The molecule has 0 spiro atoms. The Kier molecular flexibility index (Phi) is 18.5. The van der Waals surface area contributed by atoms with E-state index in [1.807, 2.05) is 12.1 Å². The number of ether oxygens (including phenoxy) is 6. The predicted octanol–water partition coefficient (Wildman–Crippen LogP) is 24.1. The molecule has 123 heavy (non-hydrogen) atoms. The molecule has 0 atom stereocenters. The van der Waals surface area contributed by atoms with Crippen molar-refractivity contribution in [2.45, 2.75) is 41.5 Å². The normalized spacial score (nSPS) is 12.5. The van der Waals surface area contributed by atoms with Crippen LogP contribution in [0.2, 0.25) is 0 Å². The van der Waals surface area contributed by atoms with Crippen LogP contribution >= 0.6 is 0 Å². The zero-order valence-corrected chi connectivity index (χ0v) is 69.1. The van der Waals surface area contributed by atoms with E-state index in [0.717, 1.165) is 146 Å². The Labute approximate surface area is 719 Å². The molecule has 24 rings (SSSR count). The Morgan fingerprint density at radius 3 is 0.650 bits per heavy atom. The van der Waals surface area contributed by atoms with E-state index < -0.39 is 0 Å². The maximum Gasteiger partial charge on any atom is 0.260 e. The van der Waals surface area contributed by atoms with Crippen molar-refractivity contribution >= 4 is 69.3 Å². The number of benzene rings is 18. The molecule has 0 saturated carbocycles. The van der Waals surface area contributed by atoms with Crippen LogP contribution in [0.25, 0.3) is 100 Å². The minimum absolute atomic E-state index is 0.00668. The standard InChI is InChI=1S/3C38H27BO2/c1-24-10-6-8-14-30(24)27-17-19-34-33(20-27)39-32-18-16-28(31-15-9-7-11-25(31)2)21-35(32)41-37-23-29(22-36(40-34)38(37)39)26-12-4-3-5-13-26;1-24-10-6-8-14-30(24)28-16-18-32-35(21-28)41-37-23-29(31-15-9-7-11-25(31)2)22-36-38(37)39(32)33-20-27(17-19-34(33)40-36)26-12-4-3-5-13-26;1-24-10-6-8-14-30(24)28-17-19-34-33(20-28)39-32-18-16-27(26-12-4-3-5-13-26)21-35(32)41-37-23-29(22-36(40-34)38(37)39)31-15-9-7-11-25(31)2/h3*3-23H,1-2H3. The van der Waals surface area contributed by atoms with Crippen LogP contribution in [-0.2, 0) is 0 Å². The lowest BCUT2D eigenvalue weighted by molar-refractivity contribution is 0.464. The third-order valence-electron chi connectivity index (χ3n) is 25.5. The smallest absolute Gasteiger partial charge is 0.260 e. The van der Waals surface area contributed by atoms with E-state index in [1.165, 1.54) is 106 Å². The monoisotopic (exact) mass is 1580 g/mol. The summed E-state index contributed by atoms with van der Waals surface area (Å²) < 4.78 is 40.3. The molecule has 6 aliphatic rings. The predicted molar refractivity (Wildman–Crippen MR) is 510 cm³/mol. The third kappa shape index (κ3) is 13.4. The summed E-state index contributed by atoms with van der Waals surface area (Å²) in [6, 6.07) is 135. The first-order valence-electron chi connectivity index (χ1n) is 42.4. The van der Waals surface area contributed by atoms with Crippen molar-refractivity contribution in [1.29, 1.82) is 0 Å². The second kappa shape index (κ2) is 30.6. The molecular formula is C114H81B3O6. The molecule has 6 aliphatic heterocycles. The molecule has 582 valence electrons. The fourth-order valence-corrected chi connectivity index (χ4v) is 19.3. The van der Waals surface area contributed by atoms with Gasteiger partial charge in [0.15, 0.2) is 0 Å². The van der Waals surface area contributed by atoms with E-state index in [4.69, 9.17) is 28.4 Å². The first kappa shape index (κ1) is 74.3. The van der Waals surface area contributed by atoms with Gasteiger partial charge in [0.25, 0.3) is 20.1 Å². The minimum Gasteiger partial charge on any atom is -0.458 e. The van der Waals surface area contributed by atoms with Gasteiger partial charge in [-0.25, -0.2) is 0 Å². The largest absolute Gasteiger partial charge is 0.458 e. The Bertz CT molecular complexity index is 7250. The first-order valence-corrected chi connectivity index (χ1v) is 42.4. The summed E-state index contributed by atoms with van der Waals surface area (Å²) in [6.45, 7) is 13.0. The van der Waals surface area contributed by atoms with Gasteiger partial charge in [-0.05, 0) is 281 Å². The number of rotatable bonds is 9. The van der Waals surface area contributed by atoms with Crippen LogP contribution < -0.4 is 77.6 Å². The molecule has 0 amide bonds. The molecule has 0 aliphatic carbocycles. The molecule has 0 aromatic heterocycles. The Hall–Kier alpha value is -15.0. The average molecular weight is 1580 g/mol. The van der Waals surface area contributed by atoms with Crippen molar-refractivity contribution in [3.05, 3.63) is 416 Å². The molecule has 6 heterocycles. The third-order valence-corrected chi connectivity index (χ3v) is 25.5. The van der Waals surface area contributed by atoms with Crippen LogP contribution in [0.5, 0.6) is 69.0 Å². The van der Waals surface area contributed by atoms with E-state index in [2.05, 4.69) is 412 Å². The molecule has 0 unspecified atom stereocenters. The van der Waals surface area contributed by atoms with E-state index in [-0.39, 0.29) is 20.1 Å². The highest BCUT2D eigenvalue weighted by Crippen LogP contribution is 2.46. The lowest BCUT2D eigenvalue weighted by Crippen LogP contribution is -2.57. The summed E-state index contributed by atoms with van der Waals surface area (Å²) in [5.74, 6) is 10.5. The number of aryl methyl sites for hydroxylation is 6. The van der Waals surface area contributed by atoms with Crippen molar-refractivity contribution in [3.63, 3.8) is 0 Å². The molecule has 0 fully saturated rings. The SMILES string of the molecule is Cc1ccccc1-c1cc2c3c(c1)Oc1ccc(-c4ccccc4C)cc1B3c1ccc(-c3ccccc3)cc1O2.Cc1ccccc1-c1ccc2c(c1)Oc1cc(-c3ccccc3)cc3c1B2c1cc(-c2ccccc2C)ccc1O3.Cc1ccccc1-c1ccc2c(c1)Oc1cc(-c3ccccc3C)cc3c1B2c1cc(-c2ccccc2)ccc1O3. The van der Waals surface area contributed by atoms with Gasteiger partial charge in [0.1, 0.15) is 69.0 Å². The molecule has 0 saturated heterocycles. The van der Waals surface area contributed by atoms with Crippen LogP contribution in [-0.4, -0.2) is 20.1 Å². The van der Waals surface area contributed by atoms with Crippen molar-refractivity contribution in [2.75, 3.05) is 0 Å². The maximum absolute atomic E-state index is 6.78. The highest BCUT2D eigenvalue weighted by molar-refractivity contribution is 6.99. The van der Waals surface area contributed by atoms with Crippen LogP contribution in [0.1, 0.15) is 33.4 Å². The molecule has 0 N–H and O–H groups in total. The van der Waals surface area contributed by atoms with Gasteiger partial charge in [0.05, 0.1) is 0 Å². The number of hydrogen-bond acceptors (Lipinski definition) is 6. The zero-order valence-electron chi connectivity index (χ0n) is 69.1. The second-order valence-corrected chi connectivity index (χ2v) is 33.1. The summed E-state index contributed by atoms with van der Waals surface area (Å²) in [7, 11) is 0. The zero-order chi connectivity index (χ0) is 82.5. The molecule has 18 aromatic rings. The summed E-state index contributed by atoms with van der Waals surface area (Å²) in [5, 5.41) is 0. The lowest BCUT2D eigenvalue weighted by Gasteiger charge is -2.34. The lowest BCUT2D eigenvalue weighted by atomic mass is 9.34. The summed E-state index contributed by atoms with van der Waals surface area (Å²) in [6.07, 6.45) is 0. The topological polar surface area (TPSA) is 55.4 Å². The van der Waals surface area contributed by atoms with Crippen molar-refractivity contribution in [3.8, 4) is 169 Å². The quantitative estimate of drug-likeness (QED) is 0.134. The molecule has 0 bridgehead atoms. The molecule has 0 radical (unpaired) electrons. The average Bonchev–Trinajstić information content (AvgIpc) is 0.727. The van der Waals surface area contributed by atoms with Gasteiger partial charge in [0, 0.05) is 16.4 Å². The Morgan fingerprint density at radius 2 is 0.341 bits per heavy atom. The highest BCUT2D eigenvalue weighted by Gasteiger charge is 2.45. The van der Waals surface area contributed by atoms with Crippen molar-refractivity contribution in [2.24, 2.45) is 0 Å². The first-order chi connectivity index (χ1) is 60.4. The van der Waals surface area contributed by atoms with E-state index in [9.17, 15) is 0 Å². The fourth-order valence-electron chi connectivity index (χ4n) is 19.3. The molecule has 18 aromatic carbocycles. The highest BCUT2D eigenvalue weighted by atomic mass is 16.5. The minimum atomic E-state index is 0.00668. The summed E-state index contributed by atoms with van der Waals surface area (Å²) in [5.41, 5.74) is 38.8. The van der Waals surface area contributed by atoms with Crippen LogP contribution in [0.15, 0.2) is 382 Å².